The zero-order valence-corrected chi connectivity index (χ0v) is 13.7. The molecule has 0 radical (unpaired) electrons. The minimum atomic E-state index is 0.176. The van der Waals surface area contributed by atoms with Crippen LogP contribution in [0.5, 0.6) is 0 Å². The Hall–Kier alpha value is -1.43. The molecule has 2 bridgehead atoms. The molecule has 22 heavy (non-hydrogen) atoms. The lowest BCUT2D eigenvalue weighted by Crippen LogP contribution is -2.48. The zero-order chi connectivity index (χ0) is 15.7. The lowest BCUT2D eigenvalue weighted by molar-refractivity contribution is -0.132. The third kappa shape index (κ3) is 3.32. The van der Waals surface area contributed by atoms with Crippen LogP contribution in [0.4, 0.5) is 0 Å². The monoisotopic (exact) mass is 306 g/mol. The van der Waals surface area contributed by atoms with Crippen molar-refractivity contribution < 1.29 is 9.32 Å². The molecule has 1 N–H and O–H groups in total. The van der Waals surface area contributed by atoms with Crippen molar-refractivity contribution in [2.45, 2.75) is 76.4 Å². The number of carbonyl (C=O) groups is 1. The van der Waals surface area contributed by atoms with E-state index >= 15 is 0 Å². The number of nitrogens with one attached hydrogen (secondary N) is 1. The van der Waals surface area contributed by atoms with Crippen LogP contribution in [-0.4, -0.2) is 46.1 Å². The van der Waals surface area contributed by atoms with Gasteiger partial charge in [0.05, 0.1) is 0 Å². The predicted molar refractivity (Wildman–Crippen MR) is 82.4 cm³/mol. The molecular weight excluding hydrogens is 280 g/mol. The first-order valence-corrected chi connectivity index (χ1v) is 8.37. The van der Waals surface area contributed by atoms with Crippen LogP contribution in [0.1, 0.15) is 63.6 Å². The van der Waals surface area contributed by atoms with E-state index in [1.807, 2.05) is 25.8 Å². The SMILES string of the molecule is CC(C)c1noc(CCC(=O)N(C)C2CC3CCC(C2)N3)n1. The van der Waals surface area contributed by atoms with Crippen LogP contribution >= 0.6 is 0 Å². The maximum atomic E-state index is 12.4. The van der Waals surface area contributed by atoms with Crippen molar-refractivity contribution in [1.82, 2.24) is 20.4 Å². The average Bonchev–Trinajstić information content (AvgIpc) is 3.10. The van der Waals surface area contributed by atoms with E-state index in [1.54, 1.807) is 0 Å². The summed E-state index contributed by atoms with van der Waals surface area (Å²) in [5.74, 6) is 1.71. The Morgan fingerprint density at radius 1 is 1.36 bits per heavy atom. The summed E-state index contributed by atoms with van der Waals surface area (Å²) in [6, 6.07) is 1.58. The van der Waals surface area contributed by atoms with Gasteiger partial charge < -0.3 is 14.7 Å². The van der Waals surface area contributed by atoms with Gasteiger partial charge >= 0.3 is 0 Å². The standard InChI is InChI=1S/C16H26N4O2/c1-10(2)16-18-14(22-19-16)6-7-15(21)20(3)13-8-11-4-5-12(9-13)17-11/h10-13,17H,4-9H2,1-3H3. The first-order chi connectivity index (χ1) is 10.5. The smallest absolute Gasteiger partial charge is 0.227 e. The van der Waals surface area contributed by atoms with Gasteiger partial charge in [0.2, 0.25) is 11.8 Å². The van der Waals surface area contributed by atoms with Crippen molar-refractivity contribution in [2.24, 2.45) is 0 Å². The molecule has 2 fully saturated rings. The number of hydrogen-bond donors (Lipinski definition) is 1. The van der Waals surface area contributed by atoms with Gasteiger partial charge in [0.15, 0.2) is 5.82 Å². The minimum Gasteiger partial charge on any atom is -0.343 e. The highest BCUT2D eigenvalue weighted by atomic mass is 16.5. The summed E-state index contributed by atoms with van der Waals surface area (Å²) in [5, 5.41) is 7.55. The summed E-state index contributed by atoms with van der Waals surface area (Å²) in [7, 11) is 1.94. The molecule has 0 saturated carbocycles. The van der Waals surface area contributed by atoms with E-state index in [0.717, 1.165) is 12.8 Å². The maximum absolute atomic E-state index is 12.4. The van der Waals surface area contributed by atoms with Crippen LogP contribution in [-0.2, 0) is 11.2 Å². The number of aromatic nitrogens is 2. The molecule has 2 aliphatic heterocycles. The summed E-state index contributed by atoms with van der Waals surface area (Å²) in [6.45, 7) is 4.05. The van der Waals surface area contributed by atoms with E-state index < -0.39 is 0 Å². The number of aryl methyl sites for hydroxylation is 1. The van der Waals surface area contributed by atoms with Crippen molar-refractivity contribution in [2.75, 3.05) is 7.05 Å². The van der Waals surface area contributed by atoms with E-state index in [1.165, 1.54) is 12.8 Å². The minimum absolute atomic E-state index is 0.176. The Balaban J connectivity index is 1.50. The van der Waals surface area contributed by atoms with Crippen molar-refractivity contribution in [3.63, 3.8) is 0 Å². The quantitative estimate of drug-likeness (QED) is 0.899. The lowest BCUT2D eigenvalue weighted by Gasteiger charge is -2.35. The second-order valence-electron chi connectivity index (χ2n) is 6.97. The third-order valence-electron chi connectivity index (χ3n) is 4.94. The Morgan fingerprint density at radius 3 is 2.64 bits per heavy atom. The summed E-state index contributed by atoms with van der Waals surface area (Å²) in [4.78, 5) is 18.7. The summed E-state index contributed by atoms with van der Waals surface area (Å²) in [6.07, 6.45) is 5.64. The van der Waals surface area contributed by atoms with Gasteiger partial charge in [-0.2, -0.15) is 4.98 Å². The molecule has 2 atom stereocenters. The number of fused-ring (bicyclic) bond motifs is 2. The van der Waals surface area contributed by atoms with Gasteiger partial charge in [-0.3, -0.25) is 4.79 Å². The summed E-state index contributed by atoms with van der Waals surface area (Å²) >= 11 is 0. The van der Waals surface area contributed by atoms with Gasteiger partial charge in [-0.15, -0.1) is 0 Å². The van der Waals surface area contributed by atoms with Crippen molar-refractivity contribution in [3.8, 4) is 0 Å². The second kappa shape index (κ2) is 6.36. The predicted octanol–water partition coefficient (Wildman–Crippen LogP) is 1.87. The molecule has 2 unspecified atom stereocenters. The van der Waals surface area contributed by atoms with E-state index in [4.69, 9.17) is 4.52 Å². The fourth-order valence-corrected chi connectivity index (χ4v) is 3.54. The largest absolute Gasteiger partial charge is 0.343 e. The Bertz CT molecular complexity index is 516. The van der Waals surface area contributed by atoms with E-state index in [9.17, 15) is 4.79 Å². The van der Waals surface area contributed by atoms with Crippen molar-refractivity contribution in [3.05, 3.63) is 11.7 Å². The molecule has 2 saturated heterocycles. The number of carbonyl (C=O) groups excluding carboxylic acids is 1. The molecule has 0 aliphatic carbocycles. The first kappa shape index (κ1) is 15.5. The molecule has 6 nitrogen and oxygen atoms in total. The Labute approximate surface area is 131 Å². The number of nitrogens with zero attached hydrogens (tertiary/aromatic N) is 3. The third-order valence-corrected chi connectivity index (χ3v) is 4.94. The molecule has 6 heteroatoms. The molecular formula is C16H26N4O2. The molecule has 1 aromatic rings. The van der Waals surface area contributed by atoms with Gasteiger partial charge in [0.1, 0.15) is 0 Å². The Kier molecular flexibility index (Phi) is 4.47. The van der Waals surface area contributed by atoms with Crippen LogP contribution in [0.15, 0.2) is 4.52 Å². The van der Waals surface area contributed by atoms with Gasteiger partial charge in [0, 0.05) is 43.9 Å². The van der Waals surface area contributed by atoms with Gasteiger partial charge in [-0.25, -0.2) is 0 Å². The van der Waals surface area contributed by atoms with Crippen LogP contribution in [0.25, 0.3) is 0 Å². The van der Waals surface area contributed by atoms with Crippen LogP contribution in [0, 0.1) is 0 Å². The molecule has 3 heterocycles. The fourth-order valence-electron chi connectivity index (χ4n) is 3.54. The van der Waals surface area contributed by atoms with Crippen LogP contribution in [0.2, 0.25) is 0 Å². The Morgan fingerprint density at radius 2 is 2.05 bits per heavy atom. The number of hydrogen-bond acceptors (Lipinski definition) is 5. The second-order valence-corrected chi connectivity index (χ2v) is 6.97. The highest BCUT2D eigenvalue weighted by molar-refractivity contribution is 5.76. The molecule has 122 valence electrons. The van der Waals surface area contributed by atoms with E-state index in [2.05, 4.69) is 15.5 Å². The maximum Gasteiger partial charge on any atom is 0.227 e. The van der Waals surface area contributed by atoms with Crippen LogP contribution < -0.4 is 5.32 Å². The summed E-state index contributed by atoms with van der Waals surface area (Å²) < 4.78 is 5.20. The van der Waals surface area contributed by atoms with Gasteiger partial charge in [0.25, 0.3) is 0 Å². The normalized spacial score (nSPS) is 27.4. The average molecular weight is 306 g/mol. The summed E-state index contributed by atoms with van der Waals surface area (Å²) in [5.41, 5.74) is 0. The lowest BCUT2D eigenvalue weighted by atomic mass is 9.98. The number of piperidine rings is 1. The molecule has 1 aromatic heterocycles. The van der Waals surface area contributed by atoms with Crippen molar-refractivity contribution >= 4 is 5.91 Å². The van der Waals surface area contributed by atoms with Crippen molar-refractivity contribution in [1.29, 1.82) is 0 Å². The number of rotatable bonds is 5. The van der Waals surface area contributed by atoms with E-state index in [0.29, 0.717) is 42.7 Å². The van der Waals surface area contributed by atoms with Gasteiger partial charge in [-0.1, -0.05) is 19.0 Å². The zero-order valence-electron chi connectivity index (χ0n) is 13.7. The molecule has 0 aromatic carbocycles. The van der Waals surface area contributed by atoms with E-state index in [-0.39, 0.29) is 11.8 Å². The first-order valence-electron chi connectivity index (χ1n) is 8.37. The molecule has 1 amide bonds. The highest BCUT2D eigenvalue weighted by Gasteiger charge is 2.36. The van der Waals surface area contributed by atoms with Gasteiger partial charge in [-0.05, 0) is 25.7 Å². The molecule has 3 rings (SSSR count). The highest BCUT2D eigenvalue weighted by Crippen LogP contribution is 2.29. The molecule has 2 aliphatic rings. The van der Waals surface area contributed by atoms with Crippen LogP contribution in [0.3, 0.4) is 0 Å². The number of amides is 1. The molecule has 0 spiro atoms. The fraction of sp³-hybridized carbons (Fsp3) is 0.812. The topological polar surface area (TPSA) is 71.3 Å².